The smallest absolute Gasteiger partial charge is 0.224 e. The Kier molecular flexibility index (Phi) is 4.11. The van der Waals surface area contributed by atoms with Crippen molar-refractivity contribution in [2.75, 3.05) is 0 Å². The first-order valence-electron chi connectivity index (χ1n) is 6.98. The maximum atomic E-state index is 12.0. The number of rotatable bonds is 4. The molecule has 0 saturated heterocycles. The zero-order valence-electron chi connectivity index (χ0n) is 12.1. The molecule has 3 rings (SSSR count). The van der Waals surface area contributed by atoms with Crippen LogP contribution in [0.5, 0.6) is 0 Å². The maximum Gasteiger partial charge on any atom is 0.224 e. The summed E-state index contributed by atoms with van der Waals surface area (Å²) >= 11 is 6.05. The summed E-state index contributed by atoms with van der Waals surface area (Å²) in [5.41, 5.74) is 3.35. The predicted molar refractivity (Wildman–Crippen MR) is 85.7 cm³/mol. The number of carbonyl (C=O) groups excluding carboxylic acids is 1. The molecule has 0 unspecified atom stereocenters. The number of aryl methyl sites for hydroxylation is 1. The lowest BCUT2D eigenvalue weighted by Crippen LogP contribution is -2.24. The van der Waals surface area contributed by atoms with E-state index < -0.39 is 0 Å². The molecule has 0 bridgehead atoms. The van der Waals surface area contributed by atoms with Crippen LogP contribution in [-0.4, -0.2) is 10.9 Å². The van der Waals surface area contributed by atoms with Crippen LogP contribution in [0.3, 0.4) is 0 Å². The number of oxazole rings is 1. The molecule has 3 aromatic rings. The second-order valence-electron chi connectivity index (χ2n) is 5.08. The number of carbonyl (C=O) groups is 1. The number of fused-ring (bicyclic) bond motifs is 1. The lowest BCUT2D eigenvalue weighted by atomic mass is 10.1. The fourth-order valence-corrected chi connectivity index (χ4v) is 2.47. The number of benzene rings is 2. The van der Waals surface area contributed by atoms with Crippen LogP contribution < -0.4 is 5.32 Å². The summed E-state index contributed by atoms with van der Waals surface area (Å²) in [4.78, 5) is 16.2. The maximum absolute atomic E-state index is 12.0. The van der Waals surface area contributed by atoms with Crippen molar-refractivity contribution < 1.29 is 9.21 Å². The van der Waals surface area contributed by atoms with Gasteiger partial charge in [-0.2, -0.15) is 0 Å². The average Bonchev–Trinajstić information content (AvgIpc) is 2.87. The number of nitrogens with one attached hydrogen (secondary N) is 1. The summed E-state index contributed by atoms with van der Waals surface area (Å²) in [6.07, 6.45) is 0.267. The Morgan fingerprint density at radius 3 is 2.91 bits per heavy atom. The first kappa shape index (κ1) is 14.6. The van der Waals surface area contributed by atoms with Crippen molar-refractivity contribution in [1.82, 2.24) is 10.3 Å². The number of amides is 1. The standard InChI is InChI=1S/C17H15ClN2O2/c1-11-20-15-7-6-12(8-16(15)22-11)10-19-17(21)9-13-4-2-3-5-14(13)18/h2-8H,9-10H2,1H3,(H,19,21). The van der Waals surface area contributed by atoms with Crippen LogP contribution in [0, 0.1) is 6.92 Å². The van der Waals surface area contributed by atoms with Gasteiger partial charge in [0.25, 0.3) is 0 Å². The van der Waals surface area contributed by atoms with E-state index in [-0.39, 0.29) is 12.3 Å². The molecule has 0 atom stereocenters. The summed E-state index contributed by atoms with van der Waals surface area (Å²) in [5.74, 6) is 0.567. The van der Waals surface area contributed by atoms with Crippen LogP contribution in [0.4, 0.5) is 0 Å². The summed E-state index contributed by atoms with van der Waals surface area (Å²) in [7, 11) is 0. The van der Waals surface area contributed by atoms with Gasteiger partial charge in [0.1, 0.15) is 5.52 Å². The lowest BCUT2D eigenvalue weighted by molar-refractivity contribution is -0.120. The van der Waals surface area contributed by atoms with Crippen molar-refractivity contribution in [3.8, 4) is 0 Å². The third kappa shape index (κ3) is 3.28. The van der Waals surface area contributed by atoms with Gasteiger partial charge in [-0.1, -0.05) is 35.9 Å². The molecule has 5 heteroatoms. The van der Waals surface area contributed by atoms with Crippen molar-refractivity contribution in [1.29, 1.82) is 0 Å². The van der Waals surface area contributed by atoms with Gasteiger partial charge in [0.15, 0.2) is 11.5 Å². The topological polar surface area (TPSA) is 55.1 Å². The van der Waals surface area contributed by atoms with E-state index in [4.69, 9.17) is 16.0 Å². The van der Waals surface area contributed by atoms with Crippen LogP contribution in [0.1, 0.15) is 17.0 Å². The molecule has 0 radical (unpaired) electrons. The Labute approximate surface area is 133 Å². The van der Waals surface area contributed by atoms with Crippen molar-refractivity contribution in [3.63, 3.8) is 0 Å². The zero-order valence-corrected chi connectivity index (χ0v) is 12.9. The van der Waals surface area contributed by atoms with Gasteiger partial charge in [0.2, 0.25) is 5.91 Å². The van der Waals surface area contributed by atoms with Crippen LogP contribution in [-0.2, 0) is 17.8 Å². The molecule has 1 aromatic heterocycles. The highest BCUT2D eigenvalue weighted by molar-refractivity contribution is 6.31. The minimum absolute atomic E-state index is 0.0676. The molecule has 0 aliphatic heterocycles. The SMILES string of the molecule is Cc1nc2ccc(CNC(=O)Cc3ccccc3Cl)cc2o1. The summed E-state index contributed by atoms with van der Waals surface area (Å²) in [5, 5.41) is 3.49. The van der Waals surface area contributed by atoms with Gasteiger partial charge in [0, 0.05) is 18.5 Å². The molecule has 0 spiro atoms. The molecule has 112 valence electrons. The van der Waals surface area contributed by atoms with E-state index >= 15 is 0 Å². The summed E-state index contributed by atoms with van der Waals surface area (Å²) in [6, 6.07) is 13.1. The van der Waals surface area contributed by atoms with E-state index in [2.05, 4.69) is 10.3 Å². The number of hydrogen-bond acceptors (Lipinski definition) is 3. The fraction of sp³-hybridized carbons (Fsp3) is 0.176. The summed E-state index contributed by atoms with van der Waals surface area (Å²) in [6.45, 7) is 2.25. The first-order valence-corrected chi connectivity index (χ1v) is 7.36. The number of nitrogens with zero attached hydrogens (tertiary/aromatic N) is 1. The van der Waals surface area contributed by atoms with Crippen molar-refractivity contribution >= 4 is 28.6 Å². The molecule has 0 aliphatic rings. The van der Waals surface area contributed by atoms with Gasteiger partial charge in [-0.25, -0.2) is 4.98 Å². The lowest BCUT2D eigenvalue weighted by Gasteiger charge is -2.06. The molecule has 22 heavy (non-hydrogen) atoms. The number of aromatic nitrogens is 1. The molecular formula is C17H15ClN2O2. The third-order valence-electron chi connectivity index (χ3n) is 3.36. The van der Waals surface area contributed by atoms with Crippen LogP contribution in [0.15, 0.2) is 46.9 Å². The second kappa shape index (κ2) is 6.20. The van der Waals surface area contributed by atoms with E-state index in [1.807, 2.05) is 43.3 Å². The van der Waals surface area contributed by atoms with Crippen LogP contribution in [0.2, 0.25) is 5.02 Å². The first-order chi connectivity index (χ1) is 10.6. The van der Waals surface area contributed by atoms with E-state index in [1.54, 1.807) is 6.07 Å². The molecule has 0 saturated carbocycles. The van der Waals surface area contributed by atoms with Crippen LogP contribution >= 0.6 is 11.6 Å². The molecule has 1 amide bonds. The molecule has 4 nitrogen and oxygen atoms in total. The summed E-state index contributed by atoms with van der Waals surface area (Å²) < 4.78 is 5.49. The van der Waals surface area contributed by atoms with Gasteiger partial charge < -0.3 is 9.73 Å². The van der Waals surface area contributed by atoms with Crippen LogP contribution in [0.25, 0.3) is 11.1 Å². The zero-order chi connectivity index (χ0) is 15.5. The third-order valence-corrected chi connectivity index (χ3v) is 3.73. The Morgan fingerprint density at radius 1 is 1.27 bits per heavy atom. The second-order valence-corrected chi connectivity index (χ2v) is 5.49. The van der Waals surface area contributed by atoms with Crippen molar-refractivity contribution in [2.45, 2.75) is 19.9 Å². The number of hydrogen-bond donors (Lipinski definition) is 1. The normalized spacial score (nSPS) is 10.8. The molecular weight excluding hydrogens is 300 g/mol. The van der Waals surface area contributed by atoms with Gasteiger partial charge in [0.05, 0.1) is 6.42 Å². The minimum atomic E-state index is -0.0676. The van der Waals surface area contributed by atoms with Gasteiger partial charge in [-0.3, -0.25) is 4.79 Å². The quantitative estimate of drug-likeness (QED) is 0.799. The van der Waals surface area contributed by atoms with E-state index in [1.165, 1.54) is 0 Å². The number of halogens is 1. The van der Waals surface area contributed by atoms with Gasteiger partial charge in [-0.05, 0) is 29.3 Å². The van der Waals surface area contributed by atoms with E-state index in [0.29, 0.717) is 17.5 Å². The Hall–Kier alpha value is -2.33. The van der Waals surface area contributed by atoms with Gasteiger partial charge >= 0.3 is 0 Å². The predicted octanol–water partition coefficient (Wildman–Crippen LogP) is 3.65. The average molecular weight is 315 g/mol. The van der Waals surface area contributed by atoms with E-state index in [0.717, 1.165) is 22.2 Å². The largest absolute Gasteiger partial charge is 0.441 e. The Morgan fingerprint density at radius 2 is 2.09 bits per heavy atom. The van der Waals surface area contributed by atoms with Gasteiger partial charge in [-0.15, -0.1) is 0 Å². The minimum Gasteiger partial charge on any atom is -0.441 e. The van der Waals surface area contributed by atoms with Crippen molar-refractivity contribution in [3.05, 3.63) is 64.5 Å². The molecule has 1 N–H and O–H groups in total. The fourth-order valence-electron chi connectivity index (χ4n) is 2.27. The molecule has 2 aromatic carbocycles. The highest BCUT2D eigenvalue weighted by Gasteiger charge is 2.07. The van der Waals surface area contributed by atoms with Crippen molar-refractivity contribution in [2.24, 2.45) is 0 Å². The monoisotopic (exact) mass is 314 g/mol. The molecule has 0 fully saturated rings. The molecule has 1 heterocycles. The highest BCUT2D eigenvalue weighted by atomic mass is 35.5. The van der Waals surface area contributed by atoms with E-state index in [9.17, 15) is 4.79 Å². The molecule has 0 aliphatic carbocycles. The Balaban J connectivity index is 1.63. The Bertz CT molecular complexity index is 826. The highest BCUT2D eigenvalue weighted by Crippen LogP contribution is 2.17.